The first-order valence-corrected chi connectivity index (χ1v) is 7.26. The lowest BCUT2D eigenvalue weighted by Crippen LogP contribution is -2.25. The number of fused-ring (bicyclic) bond motifs is 1. The molecule has 5 heteroatoms. The van der Waals surface area contributed by atoms with Crippen molar-refractivity contribution in [2.75, 3.05) is 6.54 Å². The number of carbonyl (C=O) groups excluding carboxylic acids is 1. The highest BCUT2D eigenvalue weighted by Crippen LogP contribution is 2.25. The Bertz CT molecular complexity index is 871. The molecule has 0 aliphatic carbocycles. The van der Waals surface area contributed by atoms with Crippen LogP contribution in [0.15, 0.2) is 46.9 Å². The molecule has 1 aromatic heterocycles. The van der Waals surface area contributed by atoms with Crippen LogP contribution in [0, 0.1) is 18.6 Å². The SMILES string of the molecule is Cc1c(C(=O)NCCc2cccc(F)c2)oc2ccc(F)cc12. The van der Waals surface area contributed by atoms with E-state index in [0.717, 1.165) is 5.56 Å². The first kappa shape index (κ1) is 15.2. The second-order valence-electron chi connectivity index (χ2n) is 5.33. The van der Waals surface area contributed by atoms with Gasteiger partial charge in [-0.25, -0.2) is 8.78 Å². The lowest BCUT2D eigenvalue weighted by atomic mass is 10.1. The van der Waals surface area contributed by atoms with Crippen LogP contribution in [0.25, 0.3) is 11.0 Å². The standard InChI is InChI=1S/C18H15F2NO2/c1-11-15-10-14(20)5-6-16(15)23-17(11)18(22)21-8-7-12-3-2-4-13(19)9-12/h2-6,9-10H,7-8H2,1H3,(H,21,22). The summed E-state index contributed by atoms with van der Waals surface area (Å²) in [6.45, 7) is 2.07. The van der Waals surface area contributed by atoms with Gasteiger partial charge >= 0.3 is 0 Å². The van der Waals surface area contributed by atoms with Crippen molar-refractivity contribution in [3.63, 3.8) is 0 Å². The molecule has 3 rings (SSSR count). The summed E-state index contributed by atoms with van der Waals surface area (Å²) in [5, 5.41) is 3.32. The van der Waals surface area contributed by atoms with Gasteiger partial charge in [-0.3, -0.25) is 4.79 Å². The summed E-state index contributed by atoms with van der Waals surface area (Å²) < 4.78 is 31.9. The van der Waals surface area contributed by atoms with Gasteiger partial charge in [-0.15, -0.1) is 0 Å². The maximum atomic E-state index is 13.3. The summed E-state index contributed by atoms with van der Waals surface area (Å²) in [4.78, 5) is 12.2. The van der Waals surface area contributed by atoms with Gasteiger partial charge in [0.1, 0.15) is 17.2 Å². The molecule has 0 saturated heterocycles. The quantitative estimate of drug-likeness (QED) is 0.791. The molecule has 3 aromatic rings. The van der Waals surface area contributed by atoms with Crippen LogP contribution in [0.5, 0.6) is 0 Å². The van der Waals surface area contributed by atoms with Crippen molar-refractivity contribution >= 4 is 16.9 Å². The molecule has 1 heterocycles. The number of halogens is 2. The van der Waals surface area contributed by atoms with Gasteiger partial charge in [0, 0.05) is 17.5 Å². The van der Waals surface area contributed by atoms with Crippen LogP contribution in [0.3, 0.4) is 0 Å². The lowest BCUT2D eigenvalue weighted by molar-refractivity contribution is 0.0928. The summed E-state index contributed by atoms with van der Waals surface area (Å²) in [5.74, 6) is -0.871. The molecule has 0 bridgehead atoms. The van der Waals surface area contributed by atoms with Crippen molar-refractivity contribution in [2.45, 2.75) is 13.3 Å². The van der Waals surface area contributed by atoms with Crippen molar-refractivity contribution in [3.05, 3.63) is 71.0 Å². The van der Waals surface area contributed by atoms with Gasteiger partial charge in [0.15, 0.2) is 5.76 Å². The molecule has 0 aliphatic rings. The smallest absolute Gasteiger partial charge is 0.287 e. The topological polar surface area (TPSA) is 42.2 Å². The third-order valence-corrected chi connectivity index (χ3v) is 3.69. The average molecular weight is 315 g/mol. The molecule has 0 radical (unpaired) electrons. The first-order chi connectivity index (χ1) is 11.0. The van der Waals surface area contributed by atoms with E-state index in [1.165, 1.54) is 30.3 Å². The van der Waals surface area contributed by atoms with Crippen molar-refractivity contribution in [2.24, 2.45) is 0 Å². The van der Waals surface area contributed by atoms with Crippen molar-refractivity contribution in [1.29, 1.82) is 0 Å². The number of rotatable bonds is 4. The van der Waals surface area contributed by atoms with Crippen LogP contribution in [0.4, 0.5) is 8.78 Å². The number of aryl methyl sites for hydroxylation is 1. The zero-order chi connectivity index (χ0) is 16.4. The van der Waals surface area contributed by atoms with Gasteiger partial charge in [-0.1, -0.05) is 12.1 Å². The maximum absolute atomic E-state index is 13.3. The summed E-state index contributed by atoms with van der Waals surface area (Å²) in [6, 6.07) is 10.4. The molecular formula is C18H15F2NO2. The minimum atomic E-state index is -0.375. The Morgan fingerprint density at radius 1 is 1.13 bits per heavy atom. The van der Waals surface area contributed by atoms with Gasteiger partial charge in [0.05, 0.1) is 0 Å². The van der Waals surface area contributed by atoms with Crippen LogP contribution in [-0.2, 0) is 6.42 Å². The largest absolute Gasteiger partial charge is 0.451 e. The normalized spacial score (nSPS) is 10.9. The van der Waals surface area contributed by atoms with E-state index in [9.17, 15) is 13.6 Å². The van der Waals surface area contributed by atoms with Gasteiger partial charge < -0.3 is 9.73 Å². The number of amides is 1. The number of furan rings is 1. The van der Waals surface area contributed by atoms with E-state index < -0.39 is 0 Å². The Kier molecular flexibility index (Phi) is 4.10. The van der Waals surface area contributed by atoms with Gasteiger partial charge in [0.2, 0.25) is 0 Å². The molecule has 1 amide bonds. The summed E-state index contributed by atoms with van der Waals surface area (Å²) in [6.07, 6.45) is 0.511. The number of nitrogens with one attached hydrogen (secondary N) is 1. The predicted molar refractivity (Wildman–Crippen MR) is 83.3 cm³/mol. The van der Waals surface area contributed by atoms with Gasteiger partial charge in [-0.2, -0.15) is 0 Å². The zero-order valence-corrected chi connectivity index (χ0v) is 12.5. The Morgan fingerprint density at radius 3 is 2.70 bits per heavy atom. The van der Waals surface area contributed by atoms with E-state index in [4.69, 9.17) is 4.42 Å². The molecule has 0 saturated carbocycles. The molecule has 118 valence electrons. The van der Waals surface area contributed by atoms with Crippen LogP contribution in [0.2, 0.25) is 0 Å². The molecule has 0 fully saturated rings. The van der Waals surface area contributed by atoms with Crippen molar-refractivity contribution in [1.82, 2.24) is 5.32 Å². The fourth-order valence-corrected chi connectivity index (χ4v) is 2.50. The Balaban J connectivity index is 1.70. The van der Waals surface area contributed by atoms with E-state index in [0.29, 0.717) is 29.5 Å². The molecule has 0 unspecified atom stereocenters. The highest BCUT2D eigenvalue weighted by atomic mass is 19.1. The maximum Gasteiger partial charge on any atom is 0.287 e. The Morgan fingerprint density at radius 2 is 1.91 bits per heavy atom. The molecule has 3 nitrogen and oxygen atoms in total. The number of hydrogen-bond acceptors (Lipinski definition) is 2. The first-order valence-electron chi connectivity index (χ1n) is 7.26. The molecule has 1 N–H and O–H groups in total. The predicted octanol–water partition coefficient (Wildman–Crippen LogP) is 3.99. The average Bonchev–Trinajstić information content (AvgIpc) is 2.84. The number of hydrogen-bond donors (Lipinski definition) is 1. The second-order valence-corrected chi connectivity index (χ2v) is 5.33. The van der Waals surface area contributed by atoms with Gasteiger partial charge in [0.25, 0.3) is 5.91 Å². The van der Waals surface area contributed by atoms with Crippen molar-refractivity contribution < 1.29 is 18.0 Å². The Labute approximate surface area is 131 Å². The molecular weight excluding hydrogens is 300 g/mol. The molecule has 0 spiro atoms. The fourth-order valence-electron chi connectivity index (χ4n) is 2.50. The Hall–Kier alpha value is -2.69. The summed E-state index contributed by atoms with van der Waals surface area (Å²) in [7, 11) is 0. The lowest BCUT2D eigenvalue weighted by Gasteiger charge is -2.04. The van der Waals surface area contributed by atoms with Crippen LogP contribution < -0.4 is 5.32 Å². The van der Waals surface area contributed by atoms with Crippen LogP contribution in [-0.4, -0.2) is 12.5 Å². The summed E-state index contributed by atoms with van der Waals surface area (Å²) >= 11 is 0. The fraction of sp³-hybridized carbons (Fsp3) is 0.167. The number of benzene rings is 2. The highest BCUT2D eigenvalue weighted by molar-refractivity contribution is 5.98. The molecule has 0 aliphatic heterocycles. The molecule has 23 heavy (non-hydrogen) atoms. The van der Waals surface area contributed by atoms with E-state index in [1.807, 2.05) is 0 Å². The van der Waals surface area contributed by atoms with E-state index in [2.05, 4.69) is 5.32 Å². The minimum Gasteiger partial charge on any atom is -0.451 e. The second kappa shape index (κ2) is 6.20. The monoisotopic (exact) mass is 315 g/mol. The molecule has 0 atom stereocenters. The van der Waals surface area contributed by atoms with E-state index >= 15 is 0 Å². The third-order valence-electron chi connectivity index (χ3n) is 3.69. The third kappa shape index (κ3) is 3.23. The summed E-state index contributed by atoms with van der Waals surface area (Å²) in [5.41, 5.74) is 1.87. The highest BCUT2D eigenvalue weighted by Gasteiger charge is 2.17. The van der Waals surface area contributed by atoms with Crippen LogP contribution >= 0.6 is 0 Å². The zero-order valence-electron chi connectivity index (χ0n) is 12.5. The van der Waals surface area contributed by atoms with E-state index in [-0.39, 0.29) is 23.3 Å². The molecule has 2 aromatic carbocycles. The minimum absolute atomic E-state index is 0.171. The number of carbonyl (C=O) groups is 1. The van der Waals surface area contributed by atoms with Crippen molar-refractivity contribution in [3.8, 4) is 0 Å². The van der Waals surface area contributed by atoms with E-state index in [1.54, 1.807) is 19.1 Å². The van der Waals surface area contributed by atoms with Crippen LogP contribution in [0.1, 0.15) is 21.7 Å². The van der Waals surface area contributed by atoms with Gasteiger partial charge in [-0.05, 0) is 49.2 Å².